The van der Waals surface area contributed by atoms with Crippen LogP contribution in [0.3, 0.4) is 0 Å². The first-order valence-corrected chi connectivity index (χ1v) is 7.36. The van der Waals surface area contributed by atoms with E-state index in [1.165, 1.54) is 21.9 Å². The smallest absolute Gasteiger partial charge is 0.135 e. The van der Waals surface area contributed by atoms with Gasteiger partial charge in [-0.25, -0.2) is 0 Å². The molecule has 1 heterocycles. The Morgan fingerprint density at radius 3 is 2.55 bits per heavy atom. The number of hydrogen-bond acceptors (Lipinski definition) is 2. The molecule has 4 rings (SSSR count). The molecule has 0 aromatic heterocycles. The van der Waals surface area contributed by atoms with Crippen LogP contribution in [-0.2, 0) is 0 Å². The molecule has 0 bridgehead atoms. The Morgan fingerprint density at radius 2 is 1.73 bits per heavy atom. The third kappa shape index (κ3) is 2.04. The monoisotopic (exact) mass is 288 g/mol. The van der Waals surface area contributed by atoms with E-state index in [0.29, 0.717) is 6.61 Å². The molecule has 1 aliphatic rings. The zero-order chi connectivity index (χ0) is 14.9. The molecular weight excluding hydrogens is 272 g/mol. The maximum Gasteiger partial charge on any atom is 0.135 e. The van der Waals surface area contributed by atoms with Gasteiger partial charge in [-0.15, -0.1) is 0 Å². The largest absolute Gasteiger partial charge is 0.497 e. The van der Waals surface area contributed by atoms with Crippen molar-refractivity contribution in [1.29, 1.82) is 0 Å². The van der Waals surface area contributed by atoms with Gasteiger partial charge in [0.25, 0.3) is 0 Å². The fraction of sp³-hybridized carbons (Fsp3) is 0.100. The molecule has 0 radical (unpaired) electrons. The van der Waals surface area contributed by atoms with Crippen LogP contribution < -0.4 is 9.47 Å². The molecule has 0 spiro atoms. The fourth-order valence-corrected chi connectivity index (χ4v) is 2.97. The number of rotatable bonds is 2. The lowest BCUT2D eigenvalue weighted by atomic mass is 9.93. The van der Waals surface area contributed by atoms with Crippen LogP contribution in [0.25, 0.3) is 16.3 Å². The van der Waals surface area contributed by atoms with Crippen molar-refractivity contribution in [3.8, 4) is 11.5 Å². The van der Waals surface area contributed by atoms with Crippen LogP contribution in [0.1, 0.15) is 11.1 Å². The lowest BCUT2D eigenvalue weighted by Gasteiger charge is -2.21. The van der Waals surface area contributed by atoms with Gasteiger partial charge in [0.2, 0.25) is 0 Å². The lowest BCUT2D eigenvalue weighted by Crippen LogP contribution is -2.06. The molecule has 1 aliphatic heterocycles. The van der Waals surface area contributed by atoms with Crippen LogP contribution in [0.15, 0.2) is 66.7 Å². The summed E-state index contributed by atoms with van der Waals surface area (Å²) in [5.41, 5.74) is 3.55. The van der Waals surface area contributed by atoms with E-state index in [2.05, 4.69) is 54.6 Å². The van der Waals surface area contributed by atoms with Gasteiger partial charge >= 0.3 is 0 Å². The number of ether oxygens (including phenoxy) is 2. The summed E-state index contributed by atoms with van der Waals surface area (Å²) in [6, 6.07) is 20.8. The number of fused-ring (bicyclic) bond motifs is 3. The Kier molecular flexibility index (Phi) is 3.08. The molecule has 3 aromatic rings. The van der Waals surface area contributed by atoms with Crippen molar-refractivity contribution in [2.45, 2.75) is 0 Å². The van der Waals surface area contributed by atoms with E-state index in [9.17, 15) is 0 Å². The highest BCUT2D eigenvalue weighted by molar-refractivity contribution is 5.96. The first-order chi connectivity index (χ1) is 10.9. The van der Waals surface area contributed by atoms with E-state index >= 15 is 0 Å². The molecule has 0 amide bonds. The Labute approximate surface area is 129 Å². The minimum atomic E-state index is 0.600. The molecule has 0 saturated heterocycles. The second-order valence-corrected chi connectivity index (χ2v) is 5.32. The van der Waals surface area contributed by atoms with Gasteiger partial charge < -0.3 is 9.47 Å². The third-order valence-electron chi connectivity index (χ3n) is 4.09. The van der Waals surface area contributed by atoms with E-state index in [1.54, 1.807) is 7.11 Å². The lowest BCUT2D eigenvalue weighted by molar-refractivity contribution is 0.362. The second-order valence-electron chi connectivity index (χ2n) is 5.32. The van der Waals surface area contributed by atoms with Gasteiger partial charge in [-0.2, -0.15) is 0 Å². The van der Waals surface area contributed by atoms with E-state index in [0.717, 1.165) is 17.1 Å². The molecule has 3 aromatic carbocycles. The van der Waals surface area contributed by atoms with Crippen molar-refractivity contribution in [3.05, 3.63) is 77.9 Å². The number of methoxy groups -OCH3 is 1. The SMILES string of the molecule is COc1ccc(C2=CCOc3c2ccc2ccccc32)cc1. The predicted molar refractivity (Wildman–Crippen MR) is 89.5 cm³/mol. The summed E-state index contributed by atoms with van der Waals surface area (Å²) in [5, 5.41) is 2.37. The van der Waals surface area contributed by atoms with Crippen molar-refractivity contribution in [2.75, 3.05) is 13.7 Å². The Balaban J connectivity index is 1.86. The maximum absolute atomic E-state index is 5.93. The summed E-state index contributed by atoms with van der Waals surface area (Å²) in [6.45, 7) is 0.600. The number of hydrogen-bond donors (Lipinski definition) is 0. The number of benzene rings is 3. The van der Waals surface area contributed by atoms with Crippen molar-refractivity contribution in [1.82, 2.24) is 0 Å². The molecule has 0 aliphatic carbocycles. The Hall–Kier alpha value is -2.74. The van der Waals surface area contributed by atoms with E-state index < -0.39 is 0 Å². The third-order valence-corrected chi connectivity index (χ3v) is 4.09. The predicted octanol–water partition coefficient (Wildman–Crippen LogP) is 4.67. The molecule has 0 fully saturated rings. The molecule has 0 unspecified atom stereocenters. The van der Waals surface area contributed by atoms with Crippen molar-refractivity contribution in [2.24, 2.45) is 0 Å². The molecule has 0 N–H and O–H groups in total. The van der Waals surface area contributed by atoms with Gasteiger partial charge in [-0.3, -0.25) is 0 Å². The van der Waals surface area contributed by atoms with Crippen LogP contribution in [0, 0.1) is 0 Å². The zero-order valence-electron chi connectivity index (χ0n) is 12.4. The van der Waals surface area contributed by atoms with Gasteiger partial charge in [-0.05, 0) is 34.7 Å². The normalized spacial score (nSPS) is 13.2. The molecule has 0 atom stereocenters. The molecule has 2 heteroatoms. The van der Waals surface area contributed by atoms with Gasteiger partial charge in [0.05, 0.1) is 7.11 Å². The molecule has 108 valence electrons. The molecule has 22 heavy (non-hydrogen) atoms. The van der Waals surface area contributed by atoms with Gasteiger partial charge in [0.15, 0.2) is 0 Å². The fourth-order valence-electron chi connectivity index (χ4n) is 2.97. The molecule has 2 nitrogen and oxygen atoms in total. The minimum absolute atomic E-state index is 0.600. The van der Waals surface area contributed by atoms with Gasteiger partial charge in [0, 0.05) is 10.9 Å². The van der Waals surface area contributed by atoms with Crippen molar-refractivity contribution >= 4 is 16.3 Å². The summed E-state index contributed by atoms with van der Waals surface area (Å²) in [4.78, 5) is 0. The highest BCUT2D eigenvalue weighted by Crippen LogP contribution is 2.39. The quantitative estimate of drug-likeness (QED) is 0.682. The highest BCUT2D eigenvalue weighted by atomic mass is 16.5. The highest BCUT2D eigenvalue weighted by Gasteiger charge is 2.17. The van der Waals surface area contributed by atoms with Crippen LogP contribution >= 0.6 is 0 Å². The summed E-state index contributed by atoms with van der Waals surface area (Å²) in [6.07, 6.45) is 2.14. The average Bonchev–Trinajstić information content (AvgIpc) is 2.61. The minimum Gasteiger partial charge on any atom is -0.497 e. The summed E-state index contributed by atoms with van der Waals surface area (Å²) in [5.74, 6) is 1.85. The van der Waals surface area contributed by atoms with E-state index in [4.69, 9.17) is 9.47 Å². The maximum atomic E-state index is 5.93. The van der Waals surface area contributed by atoms with Crippen molar-refractivity contribution < 1.29 is 9.47 Å². The second kappa shape index (κ2) is 5.23. The summed E-state index contributed by atoms with van der Waals surface area (Å²) < 4.78 is 11.2. The van der Waals surface area contributed by atoms with E-state index in [-0.39, 0.29) is 0 Å². The van der Waals surface area contributed by atoms with E-state index in [1.807, 2.05) is 12.1 Å². The first-order valence-electron chi connectivity index (χ1n) is 7.36. The topological polar surface area (TPSA) is 18.5 Å². The van der Waals surface area contributed by atoms with Gasteiger partial charge in [0.1, 0.15) is 18.1 Å². The first kappa shape index (κ1) is 13.0. The Bertz CT molecular complexity index is 861. The Morgan fingerprint density at radius 1 is 0.909 bits per heavy atom. The van der Waals surface area contributed by atoms with Crippen LogP contribution in [0.5, 0.6) is 11.5 Å². The van der Waals surface area contributed by atoms with Crippen LogP contribution in [-0.4, -0.2) is 13.7 Å². The van der Waals surface area contributed by atoms with Crippen molar-refractivity contribution in [3.63, 3.8) is 0 Å². The molecule has 0 saturated carbocycles. The standard InChI is InChI=1S/C20H16O2/c1-21-16-9-6-15(7-10-16)17-12-13-22-20-18-5-3-2-4-14(18)8-11-19(17)20/h2-12H,13H2,1H3. The van der Waals surface area contributed by atoms with Crippen LogP contribution in [0.4, 0.5) is 0 Å². The summed E-state index contributed by atoms with van der Waals surface area (Å²) in [7, 11) is 1.68. The van der Waals surface area contributed by atoms with Gasteiger partial charge in [-0.1, -0.05) is 48.5 Å². The zero-order valence-corrected chi connectivity index (χ0v) is 12.4. The van der Waals surface area contributed by atoms with Crippen LogP contribution in [0.2, 0.25) is 0 Å². The summed E-state index contributed by atoms with van der Waals surface area (Å²) >= 11 is 0. The molecular formula is C20H16O2. The average molecular weight is 288 g/mol.